The molecule has 23 heavy (non-hydrogen) atoms. The van der Waals surface area contributed by atoms with Crippen LogP contribution >= 0.6 is 11.3 Å². The normalized spacial score (nSPS) is 15.4. The minimum Gasteiger partial charge on any atom is -0.497 e. The lowest BCUT2D eigenvalue weighted by Crippen LogP contribution is -2.42. The van der Waals surface area contributed by atoms with Gasteiger partial charge in [-0.25, -0.2) is 0 Å². The highest BCUT2D eigenvalue weighted by Gasteiger charge is 2.24. The van der Waals surface area contributed by atoms with Crippen molar-refractivity contribution in [2.24, 2.45) is 0 Å². The van der Waals surface area contributed by atoms with Crippen molar-refractivity contribution in [1.29, 1.82) is 0 Å². The van der Waals surface area contributed by atoms with Gasteiger partial charge >= 0.3 is 0 Å². The van der Waals surface area contributed by atoms with Gasteiger partial charge < -0.3 is 14.4 Å². The Hall–Kier alpha value is -2.01. The van der Waals surface area contributed by atoms with Gasteiger partial charge in [-0.2, -0.15) is 0 Å². The number of amides is 1. The van der Waals surface area contributed by atoms with E-state index in [0.717, 1.165) is 42.3 Å². The van der Waals surface area contributed by atoms with E-state index in [2.05, 4.69) is 0 Å². The lowest BCUT2D eigenvalue weighted by molar-refractivity contribution is -0.132. The number of carbonyl (C=O) groups excluding carboxylic acids is 1. The third kappa shape index (κ3) is 4.26. The molecule has 5 heteroatoms. The zero-order chi connectivity index (χ0) is 16.1. The highest BCUT2D eigenvalue weighted by molar-refractivity contribution is 7.10. The van der Waals surface area contributed by atoms with Gasteiger partial charge in [-0.1, -0.05) is 6.07 Å². The van der Waals surface area contributed by atoms with E-state index in [1.54, 1.807) is 18.4 Å². The van der Waals surface area contributed by atoms with Crippen molar-refractivity contribution in [3.8, 4) is 11.5 Å². The van der Waals surface area contributed by atoms with Crippen LogP contribution in [0.25, 0.3) is 0 Å². The zero-order valence-electron chi connectivity index (χ0n) is 13.2. The molecule has 122 valence electrons. The first-order valence-corrected chi connectivity index (χ1v) is 8.73. The molecule has 1 aromatic carbocycles. The fourth-order valence-corrected chi connectivity index (χ4v) is 3.44. The van der Waals surface area contributed by atoms with Gasteiger partial charge in [0.25, 0.3) is 0 Å². The number of carbonyl (C=O) groups is 1. The third-order valence-electron chi connectivity index (χ3n) is 4.06. The number of likely N-dealkylation sites (tertiary alicyclic amines) is 1. The summed E-state index contributed by atoms with van der Waals surface area (Å²) in [5.41, 5.74) is 0. The van der Waals surface area contributed by atoms with Crippen molar-refractivity contribution in [2.45, 2.75) is 25.4 Å². The standard InChI is InChI=1S/C18H21NO3S/c1-21-14-4-6-15(7-5-14)22-16-8-10-19(11-9-16)18(20)13-17-3-2-12-23-17/h2-7,12,16H,8-11,13H2,1H3. The number of benzene rings is 1. The van der Waals surface area contributed by atoms with Crippen molar-refractivity contribution >= 4 is 17.2 Å². The molecule has 0 bridgehead atoms. The molecule has 1 aliphatic rings. The van der Waals surface area contributed by atoms with E-state index in [0.29, 0.717) is 6.42 Å². The van der Waals surface area contributed by atoms with Gasteiger partial charge in [0.05, 0.1) is 13.5 Å². The first-order valence-electron chi connectivity index (χ1n) is 7.85. The smallest absolute Gasteiger partial charge is 0.227 e. The number of hydrogen-bond acceptors (Lipinski definition) is 4. The molecule has 0 atom stereocenters. The van der Waals surface area contributed by atoms with Crippen molar-refractivity contribution in [1.82, 2.24) is 4.90 Å². The Labute approximate surface area is 140 Å². The van der Waals surface area contributed by atoms with Crippen LogP contribution in [0.1, 0.15) is 17.7 Å². The molecule has 4 nitrogen and oxygen atoms in total. The van der Waals surface area contributed by atoms with Crippen LogP contribution in [0.4, 0.5) is 0 Å². The van der Waals surface area contributed by atoms with Crippen LogP contribution in [0.15, 0.2) is 41.8 Å². The SMILES string of the molecule is COc1ccc(OC2CCN(C(=O)Cc3cccs3)CC2)cc1. The minimum absolute atomic E-state index is 0.175. The minimum atomic E-state index is 0.175. The molecule has 3 rings (SSSR count). The Morgan fingerprint density at radius 3 is 2.48 bits per heavy atom. The largest absolute Gasteiger partial charge is 0.497 e. The maximum Gasteiger partial charge on any atom is 0.227 e. The average molecular weight is 331 g/mol. The topological polar surface area (TPSA) is 38.8 Å². The number of piperidine rings is 1. The number of ether oxygens (including phenoxy) is 2. The second kappa shape index (κ2) is 7.51. The number of methoxy groups -OCH3 is 1. The fourth-order valence-electron chi connectivity index (χ4n) is 2.74. The van der Waals surface area contributed by atoms with E-state index in [4.69, 9.17) is 9.47 Å². The Balaban J connectivity index is 1.47. The van der Waals surface area contributed by atoms with E-state index in [1.165, 1.54) is 0 Å². The van der Waals surface area contributed by atoms with Crippen LogP contribution in [-0.2, 0) is 11.2 Å². The average Bonchev–Trinajstić information content (AvgIpc) is 3.09. The fraction of sp³-hybridized carbons (Fsp3) is 0.389. The summed E-state index contributed by atoms with van der Waals surface area (Å²) in [7, 11) is 1.65. The van der Waals surface area contributed by atoms with Gasteiger partial charge in [0, 0.05) is 30.8 Å². The van der Waals surface area contributed by atoms with Crippen molar-refractivity contribution in [3.63, 3.8) is 0 Å². The quantitative estimate of drug-likeness (QED) is 0.843. The maximum absolute atomic E-state index is 12.3. The molecule has 2 heterocycles. The third-order valence-corrected chi connectivity index (χ3v) is 4.94. The van der Waals surface area contributed by atoms with Gasteiger partial charge in [0.15, 0.2) is 0 Å². The summed E-state index contributed by atoms with van der Waals surface area (Å²) in [6, 6.07) is 11.6. The van der Waals surface area contributed by atoms with Gasteiger partial charge in [0.1, 0.15) is 17.6 Å². The molecule has 1 aliphatic heterocycles. The van der Waals surface area contributed by atoms with Crippen molar-refractivity contribution in [2.75, 3.05) is 20.2 Å². The van der Waals surface area contributed by atoms with E-state index < -0.39 is 0 Å². The van der Waals surface area contributed by atoms with Crippen molar-refractivity contribution < 1.29 is 14.3 Å². The predicted octanol–water partition coefficient (Wildman–Crippen LogP) is 3.37. The van der Waals surface area contributed by atoms with Crippen LogP contribution in [-0.4, -0.2) is 37.1 Å². The number of rotatable bonds is 5. The number of hydrogen-bond donors (Lipinski definition) is 0. The Kier molecular flexibility index (Phi) is 5.18. The Bertz CT molecular complexity index is 616. The second-order valence-electron chi connectivity index (χ2n) is 5.63. The summed E-state index contributed by atoms with van der Waals surface area (Å²) in [6.07, 6.45) is 2.45. The predicted molar refractivity (Wildman–Crippen MR) is 91.2 cm³/mol. The lowest BCUT2D eigenvalue weighted by Gasteiger charge is -2.32. The zero-order valence-corrected chi connectivity index (χ0v) is 14.1. The molecular weight excluding hydrogens is 310 g/mol. The van der Waals surface area contributed by atoms with Gasteiger partial charge in [-0.3, -0.25) is 4.79 Å². The molecule has 2 aromatic rings. The van der Waals surface area contributed by atoms with E-state index in [9.17, 15) is 4.79 Å². The molecule has 1 saturated heterocycles. The van der Waals surface area contributed by atoms with Gasteiger partial charge in [-0.15, -0.1) is 11.3 Å². The van der Waals surface area contributed by atoms with E-state index in [1.807, 2.05) is 46.7 Å². The molecule has 1 fully saturated rings. The summed E-state index contributed by atoms with van der Waals surface area (Å²) in [6.45, 7) is 1.54. The molecule has 0 saturated carbocycles. The highest BCUT2D eigenvalue weighted by atomic mass is 32.1. The molecule has 0 aliphatic carbocycles. The van der Waals surface area contributed by atoms with E-state index >= 15 is 0 Å². The summed E-state index contributed by atoms with van der Waals surface area (Å²) in [5, 5.41) is 2.01. The maximum atomic E-state index is 12.3. The molecular formula is C18H21NO3S. The number of thiophene rings is 1. The first kappa shape index (κ1) is 15.9. The molecule has 0 N–H and O–H groups in total. The Morgan fingerprint density at radius 2 is 1.87 bits per heavy atom. The van der Waals surface area contributed by atoms with Crippen LogP contribution in [0.5, 0.6) is 11.5 Å². The molecule has 0 spiro atoms. The van der Waals surface area contributed by atoms with Gasteiger partial charge in [-0.05, 0) is 35.7 Å². The van der Waals surface area contributed by atoms with Crippen LogP contribution < -0.4 is 9.47 Å². The molecule has 0 radical (unpaired) electrons. The van der Waals surface area contributed by atoms with Gasteiger partial charge in [0.2, 0.25) is 5.91 Å². The van der Waals surface area contributed by atoms with Crippen LogP contribution in [0, 0.1) is 0 Å². The molecule has 1 amide bonds. The van der Waals surface area contributed by atoms with E-state index in [-0.39, 0.29) is 12.0 Å². The van der Waals surface area contributed by atoms with Crippen LogP contribution in [0.2, 0.25) is 0 Å². The van der Waals surface area contributed by atoms with Crippen molar-refractivity contribution in [3.05, 3.63) is 46.7 Å². The molecule has 1 aromatic heterocycles. The van der Waals surface area contributed by atoms with Crippen LogP contribution in [0.3, 0.4) is 0 Å². The summed E-state index contributed by atoms with van der Waals surface area (Å²) in [4.78, 5) is 15.4. The number of nitrogens with zero attached hydrogens (tertiary/aromatic N) is 1. The summed E-state index contributed by atoms with van der Waals surface area (Å²) < 4.78 is 11.1. The first-order chi connectivity index (χ1) is 11.2. The summed E-state index contributed by atoms with van der Waals surface area (Å²) in [5.74, 6) is 1.90. The lowest BCUT2D eigenvalue weighted by atomic mass is 10.1. The highest BCUT2D eigenvalue weighted by Crippen LogP contribution is 2.22. The monoisotopic (exact) mass is 331 g/mol. The second-order valence-corrected chi connectivity index (χ2v) is 6.66. The summed E-state index contributed by atoms with van der Waals surface area (Å²) >= 11 is 1.64. The molecule has 0 unspecified atom stereocenters. The Morgan fingerprint density at radius 1 is 1.17 bits per heavy atom.